The van der Waals surface area contributed by atoms with E-state index in [2.05, 4.69) is 0 Å². The van der Waals surface area contributed by atoms with Gasteiger partial charge in [0, 0.05) is 30.3 Å². The van der Waals surface area contributed by atoms with Crippen molar-refractivity contribution < 1.29 is 14.6 Å². The Bertz CT molecular complexity index is 577. The van der Waals surface area contributed by atoms with Gasteiger partial charge in [-0.2, -0.15) is 0 Å². The third-order valence-electron chi connectivity index (χ3n) is 4.12. The van der Waals surface area contributed by atoms with Gasteiger partial charge in [-0.05, 0) is 43.0 Å². The van der Waals surface area contributed by atoms with E-state index in [4.69, 9.17) is 21.4 Å². The van der Waals surface area contributed by atoms with Crippen LogP contribution >= 0.6 is 11.6 Å². The van der Waals surface area contributed by atoms with Crippen LogP contribution in [0.5, 0.6) is 5.75 Å². The maximum Gasteiger partial charge on any atom is 0.253 e. The first-order valence-corrected chi connectivity index (χ1v) is 7.58. The molecule has 0 bridgehead atoms. The van der Waals surface area contributed by atoms with Crippen LogP contribution in [0.15, 0.2) is 23.8 Å². The van der Waals surface area contributed by atoms with Crippen LogP contribution in [0.1, 0.15) is 18.4 Å². The quantitative estimate of drug-likeness (QED) is 0.912. The molecule has 0 atom stereocenters. The minimum Gasteiger partial charge on any atom is -0.488 e. The minimum absolute atomic E-state index is 0.0250. The number of hydrogen-bond donors (Lipinski definition) is 1. The number of likely N-dealkylation sites (tertiary alicyclic amines) is 1. The summed E-state index contributed by atoms with van der Waals surface area (Å²) in [6.07, 6.45) is 3.59. The molecule has 4 nitrogen and oxygen atoms in total. The SMILES string of the molecule is O=C(C1=Cc2cc(Cl)ccc2OC1)N1CCC(CO)CC1. The van der Waals surface area contributed by atoms with Gasteiger partial charge in [-0.1, -0.05) is 11.6 Å². The van der Waals surface area contributed by atoms with Crippen molar-refractivity contribution in [2.45, 2.75) is 12.8 Å². The number of hydrogen-bond acceptors (Lipinski definition) is 3. The van der Waals surface area contributed by atoms with E-state index in [0.717, 1.165) is 24.2 Å². The molecule has 1 fully saturated rings. The summed E-state index contributed by atoms with van der Waals surface area (Å²) in [6.45, 7) is 1.90. The van der Waals surface area contributed by atoms with Crippen molar-refractivity contribution in [3.8, 4) is 5.75 Å². The monoisotopic (exact) mass is 307 g/mol. The average Bonchev–Trinajstić information content (AvgIpc) is 2.53. The zero-order valence-corrected chi connectivity index (χ0v) is 12.5. The summed E-state index contributed by atoms with van der Waals surface area (Å²) < 4.78 is 5.63. The zero-order chi connectivity index (χ0) is 14.8. The van der Waals surface area contributed by atoms with Crippen molar-refractivity contribution in [2.75, 3.05) is 26.3 Å². The first-order chi connectivity index (χ1) is 10.2. The highest BCUT2D eigenvalue weighted by Crippen LogP contribution is 2.30. The number of piperidine rings is 1. The van der Waals surface area contributed by atoms with Crippen molar-refractivity contribution in [2.24, 2.45) is 5.92 Å². The van der Waals surface area contributed by atoms with Crippen LogP contribution in [0.4, 0.5) is 0 Å². The number of fused-ring (bicyclic) bond motifs is 1. The van der Waals surface area contributed by atoms with E-state index in [1.165, 1.54) is 0 Å². The number of aliphatic hydroxyl groups is 1. The minimum atomic E-state index is 0.0250. The smallest absolute Gasteiger partial charge is 0.253 e. The lowest BCUT2D eigenvalue weighted by Crippen LogP contribution is -2.41. The number of rotatable bonds is 2. The number of carbonyl (C=O) groups excluding carboxylic acids is 1. The molecule has 0 saturated carbocycles. The molecule has 21 heavy (non-hydrogen) atoms. The second-order valence-electron chi connectivity index (χ2n) is 5.56. The fourth-order valence-electron chi connectivity index (χ4n) is 2.79. The van der Waals surface area contributed by atoms with Gasteiger partial charge in [0.05, 0.1) is 5.57 Å². The molecule has 2 heterocycles. The molecule has 0 aliphatic carbocycles. The van der Waals surface area contributed by atoms with Crippen LogP contribution in [-0.2, 0) is 4.79 Å². The normalized spacial score (nSPS) is 18.8. The predicted molar refractivity (Wildman–Crippen MR) is 81.3 cm³/mol. The van der Waals surface area contributed by atoms with Crippen molar-refractivity contribution in [1.29, 1.82) is 0 Å². The summed E-state index contributed by atoms with van der Waals surface area (Å²) in [4.78, 5) is 14.4. The lowest BCUT2D eigenvalue weighted by atomic mass is 9.97. The molecule has 3 rings (SSSR count). The zero-order valence-electron chi connectivity index (χ0n) is 11.7. The van der Waals surface area contributed by atoms with Gasteiger partial charge in [-0.15, -0.1) is 0 Å². The Kier molecular flexibility index (Phi) is 4.17. The van der Waals surface area contributed by atoms with Crippen LogP contribution in [0.2, 0.25) is 5.02 Å². The van der Waals surface area contributed by atoms with Crippen molar-refractivity contribution >= 4 is 23.6 Å². The first-order valence-electron chi connectivity index (χ1n) is 7.20. The molecule has 112 valence electrons. The highest BCUT2D eigenvalue weighted by molar-refractivity contribution is 6.30. The Labute approximate surface area is 129 Å². The third-order valence-corrected chi connectivity index (χ3v) is 4.35. The number of carbonyl (C=O) groups is 1. The summed E-state index contributed by atoms with van der Waals surface area (Å²) in [5, 5.41) is 9.78. The van der Waals surface area contributed by atoms with E-state index in [1.54, 1.807) is 12.1 Å². The lowest BCUT2D eigenvalue weighted by molar-refractivity contribution is -0.129. The largest absolute Gasteiger partial charge is 0.488 e. The van der Waals surface area contributed by atoms with Crippen LogP contribution < -0.4 is 4.74 Å². The standard InChI is InChI=1S/C16H18ClNO3/c17-14-1-2-15-12(8-14)7-13(10-21-15)16(20)18-5-3-11(9-19)4-6-18/h1-2,7-8,11,19H,3-6,9-10H2. The maximum absolute atomic E-state index is 12.5. The molecule has 0 radical (unpaired) electrons. The molecule has 1 N–H and O–H groups in total. The molecule has 5 heteroatoms. The fraction of sp³-hybridized carbons (Fsp3) is 0.438. The van der Waals surface area contributed by atoms with Gasteiger partial charge in [-0.3, -0.25) is 4.79 Å². The second kappa shape index (κ2) is 6.08. The van der Waals surface area contributed by atoms with Crippen molar-refractivity contribution in [1.82, 2.24) is 4.90 Å². The summed E-state index contributed by atoms with van der Waals surface area (Å²) >= 11 is 5.98. The average molecular weight is 308 g/mol. The Morgan fingerprint density at radius 3 is 2.86 bits per heavy atom. The number of nitrogens with zero attached hydrogens (tertiary/aromatic N) is 1. The van der Waals surface area contributed by atoms with Crippen molar-refractivity contribution in [3.05, 3.63) is 34.4 Å². The molecule has 0 spiro atoms. The van der Waals surface area contributed by atoms with Gasteiger partial charge >= 0.3 is 0 Å². The Morgan fingerprint density at radius 2 is 2.14 bits per heavy atom. The molecule has 2 aliphatic heterocycles. The highest BCUT2D eigenvalue weighted by atomic mass is 35.5. The molecule has 1 amide bonds. The van der Waals surface area contributed by atoms with E-state index < -0.39 is 0 Å². The molecular formula is C16H18ClNO3. The molecular weight excluding hydrogens is 290 g/mol. The predicted octanol–water partition coefficient (Wildman–Crippen LogP) is 2.35. The van der Waals surface area contributed by atoms with E-state index in [-0.39, 0.29) is 12.5 Å². The fourth-order valence-corrected chi connectivity index (χ4v) is 2.97. The van der Waals surface area contributed by atoms with Gasteiger partial charge in [0.25, 0.3) is 5.91 Å². The van der Waals surface area contributed by atoms with Gasteiger partial charge in [0.2, 0.25) is 0 Å². The highest BCUT2D eigenvalue weighted by Gasteiger charge is 2.26. The topological polar surface area (TPSA) is 49.8 Å². The number of halogens is 1. The molecule has 1 aromatic carbocycles. The summed E-state index contributed by atoms with van der Waals surface area (Å²) in [5.41, 5.74) is 1.51. The number of amides is 1. The van der Waals surface area contributed by atoms with Crippen LogP contribution in [-0.4, -0.2) is 42.2 Å². The summed E-state index contributed by atoms with van der Waals surface area (Å²) in [6, 6.07) is 5.41. The Balaban J connectivity index is 1.74. The van der Waals surface area contributed by atoms with Crippen LogP contribution in [0.3, 0.4) is 0 Å². The summed E-state index contributed by atoms with van der Waals surface area (Å²) in [5.74, 6) is 1.11. The molecule has 1 aromatic rings. The Morgan fingerprint density at radius 1 is 1.38 bits per heavy atom. The maximum atomic E-state index is 12.5. The number of aliphatic hydroxyl groups excluding tert-OH is 1. The Hall–Kier alpha value is -1.52. The van der Waals surface area contributed by atoms with Gasteiger partial charge in [-0.25, -0.2) is 0 Å². The number of benzene rings is 1. The summed E-state index contributed by atoms with van der Waals surface area (Å²) in [7, 11) is 0. The van der Waals surface area contributed by atoms with Gasteiger partial charge in [0.1, 0.15) is 12.4 Å². The van der Waals surface area contributed by atoms with Gasteiger partial charge < -0.3 is 14.7 Å². The van der Waals surface area contributed by atoms with E-state index in [0.29, 0.717) is 36.2 Å². The molecule has 2 aliphatic rings. The van der Waals surface area contributed by atoms with Gasteiger partial charge in [0.15, 0.2) is 0 Å². The lowest BCUT2D eigenvalue weighted by Gasteiger charge is -2.32. The second-order valence-corrected chi connectivity index (χ2v) is 5.99. The molecule has 1 saturated heterocycles. The van der Waals surface area contributed by atoms with E-state index in [9.17, 15) is 4.79 Å². The van der Waals surface area contributed by atoms with Crippen LogP contribution in [0.25, 0.3) is 6.08 Å². The number of ether oxygens (including phenoxy) is 1. The first kappa shape index (κ1) is 14.4. The third kappa shape index (κ3) is 3.06. The molecule has 0 aromatic heterocycles. The van der Waals surface area contributed by atoms with Crippen LogP contribution in [0, 0.1) is 5.92 Å². The van der Waals surface area contributed by atoms with Crippen molar-refractivity contribution in [3.63, 3.8) is 0 Å². The molecule has 0 unspecified atom stereocenters. The van der Waals surface area contributed by atoms with E-state index >= 15 is 0 Å². The van der Waals surface area contributed by atoms with E-state index in [1.807, 2.05) is 17.0 Å².